The summed E-state index contributed by atoms with van der Waals surface area (Å²) in [5.74, 6) is -0.141. The molecule has 0 bridgehead atoms. The van der Waals surface area contributed by atoms with E-state index >= 15 is 0 Å². The first-order chi connectivity index (χ1) is 14.9. The van der Waals surface area contributed by atoms with Gasteiger partial charge in [-0.3, -0.25) is 0 Å². The molecule has 180 valence electrons. The van der Waals surface area contributed by atoms with Gasteiger partial charge in [0.2, 0.25) is 12.2 Å². The number of carbonyl (C=O) groups excluding carboxylic acids is 2. The summed E-state index contributed by atoms with van der Waals surface area (Å²) >= 11 is 0. The van der Waals surface area contributed by atoms with Crippen LogP contribution in [0.5, 0.6) is 11.5 Å². The van der Waals surface area contributed by atoms with Crippen LogP contribution >= 0.6 is 0 Å². The first kappa shape index (κ1) is 26.0. The Morgan fingerprint density at radius 2 is 1.16 bits per heavy atom. The molecular formula is C26H40O6. The van der Waals surface area contributed by atoms with E-state index in [1.54, 1.807) is 24.3 Å². The number of ether oxygens (including phenoxy) is 4. The van der Waals surface area contributed by atoms with Crippen LogP contribution in [0, 0.1) is 22.7 Å². The Bertz CT molecular complexity index is 719. The summed E-state index contributed by atoms with van der Waals surface area (Å²) in [6.07, 6.45) is -0.514. The van der Waals surface area contributed by atoms with Gasteiger partial charge in [-0.2, -0.15) is 0 Å². The first-order valence-corrected chi connectivity index (χ1v) is 11.7. The largest absolute Gasteiger partial charge is 0.470 e. The van der Waals surface area contributed by atoms with Gasteiger partial charge >= 0.3 is 11.9 Å². The third kappa shape index (κ3) is 6.17. The summed E-state index contributed by atoms with van der Waals surface area (Å²) in [6.45, 7) is 17.4. The number of hydrogen-bond acceptors (Lipinski definition) is 6. The van der Waals surface area contributed by atoms with E-state index in [1.807, 2.05) is 13.8 Å². The Morgan fingerprint density at radius 1 is 0.812 bits per heavy atom. The number of para-hydroxylation sites is 2. The van der Waals surface area contributed by atoms with Crippen LogP contribution < -0.4 is 9.47 Å². The number of benzene rings is 1. The van der Waals surface area contributed by atoms with Crippen molar-refractivity contribution in [3.63, 3.8) is 0 Å². The Morgan fingerprint density at radius 3 is 1.47 bits per heavy atom. The van der Waals surface area contributed by atoms with Crippen molar-refractivity contribution in [2.75, 3.05) is 13.2 Å². The average Bonchev–Trinajstić information content (AvgIpc) is 2.79. The monoisotopic (exact) mass is 448 g/mol. The Balaban J connectivity index is 2.13. The molecule has 0 aliphatic carbocycles. The molecule has 4 unspecified atom stereocenters. The molecule has 0 amide bonds. The van der Waals surface area contributed by atoms with E-state index in [1.165, 1.54) is 0 Å². The Kier molecular flexibility index (Phi) is 8.60. The standard InChI is InChI=1S/C26H40O6/c1-9-25(5,6)17(3)15-29-23(27)21-22(32-20-14-12-11-13-19(20)31-21)24(28)30-16-18(4)26(7,8)10-2/h11-14,17-18,21-22H,9-10,15-16H2,1-8H3. The van der Waals surface area contributed by atoms with Crippen LogP contribution in [0.15, 0.2) is 24.3 Å². The SMILES string of the molecule is CCC(C)(C)C(C)COC(=O)C1Oc2ccccc2OC1C(=O)OCC(C)C(C)(C)CC. The van der Waals surface area contributed by atoms with Gasteiger partial charge in [0, 0.05) is 0 Å². The molecule has 2 rings (SSSR count). The highest BCUT2D eigenvalue weighted by molar-refractivity contribution is 5.87. The summed E-state index contributed by atoms with van der Waals surface area (Å²) < 4.78 is 22.9. The van der Waals surface area contributed by atoms with Crippen LogP contribution in [-0.2, 0) is 19.1 Å². The molecule has 4 atom stereocenters. The fourth-order valence-electron chi connectivity index (χ4n) is 3.11. The van der Waals surface area contributed by atoms with Crippen molar-refractivity contribution in [3.8, 4) is 11.5 Å². The number of rotatable bonds is 10. The third-order valence-electron chi connectivity index (χ3n) is 7.54. The van der Waals surface area contributed by atoms with E-state index in [0.29, 0.717) is 11.5 Å². The molecule has 0 saturated heterocycles. The zero-order valence-corrected chi connectivity index (χ0v) is 20.9. The van der Waals surface area contributed by atoms with E-state index in [4.69, 9.17) is 18.9 Å². The average molecular weight is 449 g/mol. The zero-order valence-electron chi connectivity index (χ0n) is 20.9. The number of esters is 2. The van der Waals surface area contributed by atoms with Crippen molar-refractivity contribution in [2.24, 2.45) is 22.7 Å². The smallest absolute Gasteiger partial charge is 0.351 e. The summed E-state index contributed by atoms with van der Waals surface area (Å²) in [4.78, 5) is 25.9. The Labute approximate surface area is 193 Å². The van der Waals surface area contributed by atoms with E-state index in [9.17, 15) is 9.59 Å². The van der Waals surface area contributed by atoms with Gasteiger partial charge in [0.05, 0.1) is 13.2 Å². The minimum Gasteiger partial charge on any atom is -0.470 e. The molecular weight excluding hydrogens is 408 g/mol. The fourth-order valence-corrected chi connectivity index (χ4v) is 3.11. The van der Waals surface area contributed by atoms with Crippen molar-refractivity contribution < 1.29 is 28.5 Å². The highest BCUT2D eigenvalue weighted by atomic mass is 16.6. The molecule has 0 saturated carbocycles. The molecule has 6 nitrogen and oxygen atoms in total. The van der Waals surface area contributed by atoms with Crippen LogP contribution in [0.2, 0.25) is 0 Å². The van der Waals surface area contributed by atoms with Gasteiger partial charge in [-0.15, -0.1) is 0 Å². The molecule has 32 heavy (non-hydrogen) atoms. The highest BCUT2D eigenvalue weighted by Crippen LogP contribution is 2.36. The zero-order chi connectivity index (χ0) is 24.1. The second kappa shape index (κ2) is 10.6. The molecule has 1 aliphatic heterocycles. The molecule has 0 N–H and O–H groups in total. The van der Waals surface area contributed by atoms with Crippen molar-refractivity contribution in [2.45, 2.75) is 80.4 Å². The molecule has 0 fully saturated rings. The Hall–Kier alpha value is -2.24. The van der Waals surface area contributed by atoms with Crippen molar-refractivity contribution in [1.29, 1.82) is 0 Å². The molecule has 1 aromatic rings. The van der Waals surface area contributed by atoms with Gasteiger partial charge in [0.25, 0.3) is 0 Å². The minimum absolute atomic E-state index is 0.0252. The first-order valence-electron chi connectivity index (χ1n) is 11.7. The van der Waals surface area contributed by atoms with Crippen LogP contribution in [0.3, 0.4) is 0 Å². The normalized spacial score (nSPS) is 20.2. The predicted octanol–water partition coefficient (Wildman–Crippen LogP) is 5.43. The van der Waals surface area contributed by atoms with Gasteiger partial charge in [0.15, 0.2) is 11.5 Å². The molecule has 0 radical (unpaired) electrons. The maximum Gasteiger partial charge on any atom is 0.351 e. The van der Waals surface area contributed by atoms with Gasteiger partial charge in [0.1, 0.15) is 0 Å². The fraction of sp³-hybridized carbons (Fsp3) is 0.692. The number of fused-ring (bicyclic) bond motifs is 1. The molecule has 1 heterocycles. The molecule has 0 spiro atoms. The maximum absolute atomic E-state index is 13.0. The van der Waals surface area contributed by atoms with Gasteiger partial charge in [-0.05, 0) is 34.8 Å². The lowest BCUT2D eigenvalue weighted by atomic mass is 9.78. The van der Waals surface area contributed by atoms with Crippen LogP contribution in [0.1, 0.15) is 68.2 Å². The summed E-state index contributed by atoms with van der Waals surface area (Å²) in [7, 11) is 0. The second-order valence-electron chi connectivity index (χ2n) is 10.3. The van der Waals surface area contributed by atoms with E-state index in [-0.39, 0.29) is 35.9 Å². The highest BCUT2D eigenvalue weighted by Gasteiger charge is 2.44. The molecule has 6 heteroatoms. The number of carbonyl (C=O) groups is 2. The van der Waals surface area contributed by atoms with E-state index < -0.39 is 24.1 Å². The summed E-state index contributed by atoms with van der Waals surface area (Å²) in [5.41, 5.74) is 0.0503. The van der Waals surface area contributed by atoms with Gasteiger partial charge < -0.3 is 18.9 Å². The second-order valence-corrected chi connectivity index (χ2v) is 10.3. The van der Waals surface area contributed by atoms with Crippen molar-refractivity contribution in [1.82, 2.24) is 0 Å². The lowest BCUT2D eigenvalue weighted by molar-refractivity contribution is -0.174. The number of hydrogen-bond donors (Lipinski definition) is 0. The van der Waals surface area contributed by atoms with Crippen molar-refractivity contribution in [3.05, 3.63) is 24.3 Å². The van der Waals surface area contributed by atoms with Crippen LogP contribution in [0.25, 0.3) is 0 Å². The molecule has 0 aromatic heterocycles. The minimum atomic E-state index is -1.22. The molecule has 1 aliphatic rings. The summed E-state index contributed by atoms with van der Waals surface area (Å²) in [5, 5.41) is 0. The summed E-state index contributed by atoms with van der Waals surface area (Å²) in [6, 6.07) is 6.96. The van der Waals surface area contributed by atoms with Gasteiger partial charge in [-0.25, -0.2) is 9.59 Å². The van der Waals surface area contributed by atoms with E-state index in [0.717, 1.165) is 12.8 Å². The third-order valence-corrected chi connectivity index (χ3v) is 7.54. The lowest BCUT2D eigenvalue weighted by Crippen LogP contribution is -2.51. The van der Waals surface area contributed by atoms with E-state index in [2.05, 4.69) is 41.5 Å². The van der Waals surface area contributed by atoms with Crippen LogP contribution in [0.4, 0.5) is 0 Å². The van der Waals surface area contributed by atoms with Gasteiger partial charge in [-0.1, -0.05) is 80.4 Å². The topological polar surface area (TPSA) is 71.1 Å². The maximum atomic E-state index is 13.0. The molecule has 1 aromatic carbocycles. The predicted molar refractivity (Wildman–Crippen MR) is 124 cm³/mol. The quantitative estimate of drug-likeness (QED) is 0.445. The van der Waals surface area contributed by atoms with Crippen LogP contribution in [-0.4, -0.2) is 37.4 Å². The van der Waals surface area contributed by atoms with Crippen molar-refractivity contribution >= 4 is 11.9 Å². The lowest BCUT2D eigenvalue weighted by Gasteiger charge is -2.34.